The van der Waals surface area contributed by atoms with Crippen LogP contribution in [0.4, 0.5) is 10.1 Å². The minimum absolute atomic E-state index is 0.0630. The first-order chi connectivity index (χ1) is 12.9. The van der Waals surface area contributed by atoms with Crippen molar-refractivity contribution in [1.82, 2.24) is 5.32 Å². The number of benzene rings is 2. The van der Waals surface area contributed by atoms with E-state index in [-0.39, 0.29) is 35.0 Å². The molecule has 27 heavy (non-hydrogen) atoms. The van der Waals surface area contributed by atoms with E-state index in [2.05, 4.69) is 10.6 Å². The van der Waals surface area contributed by atoms with E-state index in [9.17, 15) is 14.0 Å². The molecule has 0 radical (unpaired) electrons. The van der Waals surface area contributed by atoms with Gasteiger partial charge in [0.05, 0.1) is 17.2 Å². The number of anilines is 1. The van der Waals surface area contributed by atoms with Crippen LogP contribution in [0.2, 0.25) is 5.02 Å². The summed E-state index contributed by atoms with van der Waals surface area (Å²) in [5.74, 6) is -0.872. The second kappa shape index (κ2) is 10.0. The van der Waals surface area contributed by atoms with Crippen molar-refractivity contribution in [2.45, 2.75) is 19.3 Å². The second-order valence-electron chi connectivity index (χ2n) is 6.15. The van der Waals surface area contributed by atoms with Gasteiger partial charge in [-0.15, -0.1) is 0 Å². The Morgan fingerprint density at radius 3 is 2.52 bits per heavy atom. The maximum Gasteiger partial charge on any atom is 0.252 e. The Labute approximate surface area is 162 Å². The van der Waals surface area contributed by atoms with Gasteiger partial charge in [0, 0.05) is 25.8 Å². The Kier molecular flexibility index (Phi) is 7.76. The van der Waals surface area contributed by atoms with Gasteiger partial charge in [0.1, 0.15) is 5.82 Å². The average Bonchev–Trinajstić information content (AvgIpc) is 2.62. The molecule has 0 bridgehead atoms. The number of hydrogen-bond donors (Lipinski definition) is 2. The van der Waals surface area contributed by atoms with Gasteiger partial charge in [-0.1, -0.05) is 30.7 Å². The van der Waals surface area contributed by atoms with Gasteiger partial charge in [-0.25, -0.2) is 4.39 Å². The number of halogens is 2. The highest BCUT2D eigenvalue weighted by Gasteiger charge is 2.14. The first-order valence-electron chi connectivity index (χ1n) is 8.52. The number of ether oxygens (including phenoxy) is 1. The molecule has 0 heterocycles. The summed E-state index contributed by atoms with van der Waals surface area (Å²) in [4.78, 5) is 24.3. The standard InChI is InChI=1S/C20H22ClFN2O3/c1-13(14-3-5-15(22)6-4-14)11-19(25)24-16-7-8-17(18(21)12-16)20(26)23-9-10-27-2/h3-8,12-13H,9-11H2,1-2H3,(H,23,26)(H,24,25). The van der Waals surface area contributed by atoms with Gasteiger partial charge in [0.2, 0.25) is 5.91 Å². The minimum Gasteiger partial charge on any atom is -0.383 e. The van der Waals surface area contributed by atoms with Crippen molar-refractivity contribution in [2.75, 3.05) is 25.6 Å². The fraction of sp³-hybridized carbons (Fsp3) is 0.300. The van der Waals surface area contributed by atoms with Crippen LogP contribution in [0.5, 0.6) is 0 Å². The summed E-state index contributed by atoms with van der Waals surface area (Å²) in [6.07, 6.45) is 0.239. The van der Waals surface area contributed by atoms with Gasteiger partial charge in [-0.3, -0.25) is 9.59 Å². The zero-order valence-electron chi connectivity index (χ0n) is 15.2. The average molecular weight is 393 g/mol. The van der Waals surface area contributed by atoms with Crippen LogP contribution >= 0.6 is 11.6 Å². The lowest BCUT2D eigenvalue weighted by molar-refractivity contribution is -0.116. The zero-order chi connectivity index (χ0) is 19.8. The molecular weight excluding hydrogens is 371 g/mol. The summed E-state index contributed by atoms with van der Waals surface area (Å²) in [6.45, 7) is 2.68. The number of nitrogens with one attached hydrogen (secondary N) is 2. The molecule has 0 aromatic heterocycles. The molecule has 7 heteroatoms. The molecule has 2 rings (SSSR count). The van der Waals surface area contributed by atoms with Crippen molar-refractivity contribution in [3.8, 4) is 0 Å². The lowest BCUT2D eigenvalue weighted by Gasteiger charge is -2.13. The van der Waals surface area contributed by atoms with E-state index in [0.717, 1.165) is 5.56 Å². The minimum atomic E-state index is -0.309. The Balaban J connectivity index is 1.94. The highest BCUT2D eigenvalue weighted by molar-refractivity contribution is 6.34. The fourth-order valence-corrected chi connectivity index (χ4v) is 2.80. The maximum atomic E-state index is 13.0. The van der Waals surface area contributed by atoms with Gasteiger partial charge in [0.15, 0.2) is 0 Å². The third-order valence-corrected chi connectivity index (χ3v) is 4.33. The SMILES string of the molecule is COCCNC(=O)c1ccc(NC(=O)CC(C)c2ccc(F)cc2)cc1Cl. The summed E-state index contributed by atoms with van der Waals surface area (Å²) in [5, 5.41) is 5.70. The van der Waals surface area contributed by atoms with Crippen molar-refractivity contribution in [3.63, 3.8) is 0 Å². The van der Waals surface area contributed by atoms with E-state index < -0.39 is 0 Å². The molecule has 2 aromatic carbocycles. The molecule has 1 unspecified atom stereocenters. The number of methoxy groups -OCH3 is 1. The van der Waals surface area contributed by atoms with Crippen LogP contribution in [-0.4, -0.2) is 32.1 Å². The number of hydrogen-bond acceptors (Lipinski definition) is 3. The number of amides is 2. The summed E-state index contributed by atoms with van der Waals surface area (Å²) in [7, 11) is 1.55. The molecule has 1 atom stereocenters. The van der Waals surface area contributed by atoms with Crippen molar-refractivity contribution in [1.29, 1.82) is 0 Å². The Bertz CT molecular complexity index is 796. The Hall–Kier alpha value is -2.44. The van der Waals surface area contributed by atoms with Crippen LogP contribution in [0, 0.1) is 5.82 Å². The molecular formula is C20H22ClFN2O3. The highest BCUT2D eigenvalue weighted by atomic mass is 35.5. The molecule has 0 saturated carbocycles. The van der Waals surface area contributed by atoms with Crippen molar-refractivity contribution in [3.05, 3.63) is 64.4 Å². The van der Waals surface area contributed by atoms with Crippen LogP contribution in [-0.2, 0) is 9.53 Å². The van der Waals surface area contributed by atoms with E-state index in [1.165, 1.54) is 18.2 Å². The van der Waals surface area contributed by atoms with Gasteiger partial charge in [-0.05, 0) is 41.8 Å². The smallest absolute Gasteiger partial charge is 0.252 e. The van der Waals surface area contributed by atoms with Crippen molar-refractivity contribution in [2.24, 2.45) is 0 Å². The Morgan fingerprint density at radius 1 is 1.19 bits per heavy atom. The monoisotopic (exact) mass is 392 g/mol. The highest BCUT2D eigenvalue weighted by Crippen LogP contribution is 2.23. The summed E-state index contributed by atoms with van der Waals surface area (Å²) in [5.41, 5.74) is 1.71. The number of carbonyl (C=O) groups is 2. The topological polar surface area (TPSA) is 67.4 Å². The van der Waals surface area contributed by atoms with Gasteiger partial charge in [0.25, 0.3) is 5.91 Å². The van der Waals surface area contributed by atoms with Crippen LogP contribution < -0.4 is 10.6 Å². The predicted octanol–water partition coefficient (Wildman–Crippen LogP) is 3.99. The van der Waals surface area contributed by atoms with Gasteiger partial charge >= 0.3 is 0 Å². The maximum absolute atomic E-state index is 13.0. The lowest BCUT2D eigenvalue weighted by Crippen LogP contribution is -2.27. The van der Waals surface area contributed by atoms with Crippen LogP contribution in [0.15, 0.2) is 42.5 Å². The summed E-state index contributed by atoms with van der Waals surface area (Å²) < 4.78 is 17.9. The normalized spacial score (nSPS) is 11.7. The van der Waals surface area contributed by atoms with Crippen LogP contribution in [0.3, 0.4) is 0 Å². The Morgan fingerprint density at radius 2 is 1.89 bits per heavy atom. The third kappa shape index (κ3) is 6.34. The summed E-state index contributed by atoms with van der Waals surface area (Å²) >= 11 is 6.16. The first-order valence-corrected chi connectivity index (χ1v) is 8.90. The van der Waals surface area contributed by atoms with Gasteiger partial charge < -0.3 is 15.4 Å². The van der Waals surface area contributed by atoms with E-state index in [0.29, 0.717) is 24.4 Å². The second-order valence-corrected chi connectivity index (χ2v) is 6.56. The lowest BCUT2D eigenvalue weighted by atomic mass is 9.97. The molecule has 0 spiro atoms. The molecule has 0 aliphatic heterocycles. The van der Waals surface area contributed by atoms with Crippen LogP contribution in [0.25, 0.3) is 0 Å². The van der Waals surface area contributed by atoms with Crippen LogP contribution in [0.1, 0.15) is 35.2 Å². The molecule has 5 nitrogen and oxygen atoms in total. The van der Waals surface area contributed by atoms with Crippen molar-refractivity contribution < 1.29 is 18.7 Å². The largest absolute Gasteiger partial charge is 0.383 e. The first kappa shape index (κ1) is 20.9. The number of carbonyl (C=O) groups excluding carboxylic acids is 2. The molecule has 2 N–H and O–H groups in total. The van der Waals surface area contributed by atoms with E-state index in [1.807, 2.05) is 6.92 Å². The molecule has 2 amide bonds. The molecule has 2 aromatic rings. The molecule has 0 fully saturated rings. The van der Waals surface area contributed by atoms with E-state index in [4.69, 9.17) is 16.3 Å². The molecule has 144 valence electrons. The van der Waals surface area contributed by atoms with Crippen molar-refractivity contribution >= 4 is 29.1 Å². The quantitative estimate of drug-likeness (QED) is 0.667. The third-order valence-electron chi connectivity index (χ3n) is 4.02. The molecule has 0 aliphatic carbocycles. The summed E-state index contributed by atoms with van der Waals surface area (Å²) in [6, 6.07) is 10.8. The van der Waals surface area contributed by atoms with Gasteiger partial charge in [-0.2, -0.15) is 0 Å². The fourth-order valence-electron chi connectivity index (χ4n) is 2.54. The zero-order valence-corrected chi connectivity index (χ0v) is 16.0. The van der Waals surface area contributed by atoms with E-state index >= 15 is 0 Å². The molecule has 0 saturated heterocycles. The van der Waals surface area contributed by atoms with E-state index in [1.54, 1.807) is 31.4 Å². The number of rotatable bonds is 8. The molecule has 0 aliphatic rings. The predicted molar refractivity (Wildman–Crippen MR) is 104 cm³/mol.